The molecule has 132 valence electrons. The smallest absolute Gasteiger partial charge is 0.0110 e. The quantitative estimate of drug-likeness (QED) is 0.543. The van der Waals surface area contributed by atoms with Gasteiger partial charge in [0.1, 0.15) is 0 Å². The minimum Gasteiger partial charge on any atom is -0.363 e. The van der Waals surface area contributed by atoms with Crippen LogP contribution in [0.1, 0.15) is 91.4 Å². The van der Waals surface area contributed by atoms with E-state index in [4.69, 9.17) is 0 Å². The molecule has 1 aliphatic heterocycles. The summed E-state index contributed by atoms with van der Waals surface area (Å²) in [5.74, 6) is 2.44. The molecule has 1 saturated heterocycles. The predicted molar refractivity (Wildman–Crippen MR) is 102 cm³/mol. The van der Waals surface area contributed by atoms with Gasteiger partial charge in [-0.05, 0) is 55.8 Å². The van der Waals surface area contributed by atoms with E-state index >= 15 is 0 Å². The van der Waals surface area contributed by atoms with Crippen LogP contribution in [0.15, 0.2) is 24.6 Å². The second-order valence-electron chi connectivity index (χ2n) is 8.54. The van der Waals surface area contributed by atoms with Gasteiger partial charge in [-0.1, -0.05) is 66.0 Å². The van der Waals surface area contributed by atoms with Crippen LogP contribution in [-0.2, 0) is 0 Å². The molecule has 1 aliphatic carbocycles. The van der Waals surface area contributed by atoms with E-state index in [1.807, 2.05) is 0 Å². The summed E-state index contributed by atoms with van der Waals surface area (Å²) >= 11 is 0. The first kappa shape index (κ1) is 18.6. The zero-order chi connectivity index (χ0) is 16.9. The number of nitrogens with one attached hydrogen (secondary N) is 1. The summed E-state index contributed by atoms with van der Waals surface area (Å²) < 4.78 is 0. The SMILES string of the molecule is C=C1CCC(C2CCCC(C)(C(CCC)CCCC)C2)C(=C)N1. The molecule has 0 aromatic rings. The van der Waals surface area contributed by atoms with Crippen molar-refractivity contribution in [1.82, 2.24) is 5.32 Å². The normalized spacial score (nSPS) is 33.3. The molecule has 1 heteroatoms. The van der Waals surface area contributed by atoms with Crippen LogP contribution in [0.5, 0.6) is 0 Å². The second-order valence-corrected chi connectivity index (χ2v) is 8.54. The van der Waals surface area contributed by atoms with E-state index in [1.54, 1.807) is 0 Å². The van der Waals surface area contributed by atoms with E-state index in [-0.39, 0.29) is 0 Å². The Bertz CT molecular complexity index is 410. The van der Waals surface area contributed by atoms with Gasteiger partial charge in [0.25, 0.3) is 0 Å². The third-order valence-corrected chi connectivity index (χ3v) is 6.69. The number of hydrogen-bond acceptors (Lipinski definition) is 1. The van der Waals surface area contributed by atoms with Crippen molar-refractivity contribution in [3.8, 4) is 0 Å². The highest BCUT2D eigenvalue weighted by Gasteiger charge is 2.41. The van der Waals surface area contributed by atoms with Crippen LogP contribution < -0.4 is 5.32 Å². The van der Waals surface area contributed by atoms with Crippen LogP contribution >= 0.6 is 0 Å². The molecular weight excluding hydrogens is 278 g/mol. The molecule has 0 amide bonds. The summed E-state index contributed by atoms with van der Waals surface area (Å²) in [6.07, 6.45) is 15.0. The fraction of sp³-hybridized carbons (Fsp3) is 0.818. The minimum atomic E-state index is 0.558. The van der Waals surface area contributed by atoms with Crippen molar-refractivity contribution in [2.24, 2.45) is 23.2 Å². The standard InChI is InChI=1S/C22H39N/c1-6-8-12-20(10-7-2)22(5)15-9-11-19(16-22)21-14-13-17(3)23-18(21)4/h19-21,23H,3-4,6-16H2,1-2,5H3. The molecule has 1 saturated carbocycles. The number of allylic oxidation sites excluding steroid dienone is 2. The summed E-state index contributed by atoms with van der Waals surface area (Å²) in [4.78, 5) is 0. The summed E-state index contributed by atoms with van der Waals surface area (Å²) in [6.45, 7) is 15.7. The lowest BCUT2D eigenvalue weighted by Gasteiger charge is -2.47. The molecule has 1 N–H and O–H groups in total. The second kappa shape index (κ2) is 8.40. The van der Waals surface area contributed by atoms with Gasteiger partial charge in [0.2, 0.25) is 0 Å². The minimum absolute atomic E-state index is 0.558. The van der Waals surface area contributed by atoms with E-state index in [1.165, 1.54) is 69.9 Å². The Balaban J connectivity index is 2.05. The Morgan fingerprint density at radius 2 is 1.96 bits per heavy atom. The first-order valence-corrected chi connectivity index (χ1v) is 10.1. The highest BCUT2D eigenvalue weighted by atomic mass is 14.9. The highest BCUT2D eigenvalue weighted by molar-refractivity contribution is 5.15. The fourth-order valence-corrected chi connectivity index (χ4v) is 5.33. The maximum absolute atomic E-state index is 4.33. The molecule has 1 heterocycles. The third-order valence-electron chi connectivity index (χ3n) is 6.69. The van der Waals surface area contributed by atoms with Crippen molar-refractivity contribution in [2.45, 2.75) is 91.4 Å². The van der Waals surface area contributed by atoms with Crippen molar-refractivity contribution in [2.75, 3.05) is 0 Å². The Morgan fingerprint density at radius 3 is 2.61 bits per heavy atom. The van der Waals surface area contributed by atoms with Gasteiger partial charge in [0.15, 0.2) is 0 Å². The highest BCUT2D eigenvalue weighted by Crippen LogP contribution is 2.51. The molecule has 4 unspecified atom stereocenters. The van der Waals surface area contributed by atoms with Crippen LogP contribution in [0.3, 0.4) is 0 Å². The van der Waals surface area contributed by atoms with Crippen LogP contribution in [0, 0.1) is 23.2 Å². The van der Waals surface area contributed by atoms with Gasteiger partial charge in [-0.2, -0.15) is 0 Å². The fourth-order valence-electron chi connectivity index (χ4n) is 5.33. The molecule has 23 heavy (non-hydrogen) atoms. The van der Waals surface area contributed by atoms with Gasteiger partial charge in [-0.25, -0.2) is 0 Å². The van der Waals surface area contributed by atoms with E-state index in [2.05, 4.69) is 39.2 Å². The summed E-state index contributed by atoms with van der Waals surface area (Å²) in [7, 11) is 0. The Morgan fingerprint density at radius 1 is 1.17 bits per heavy atom. The topological polar surface area (TPSA) is 12.0 Å². The average molecular weight is 318 g/mol. The first-order chi connectivity index (χ1) is 11.0. The molecule has 0 radical (unpaired) electrons. The molecule has 4 atom stereocenters. The largest absolute Gasteiger partial charge is 0.363 e. The van der Waals surface area contributed by atoms with E-state index in [0.717, 1.165) is 24.0 Å². The van der Waals surface area contributed by atoms with Crippen molar-refractivity contribution in [3.63, 3.8) is 0 Å². The van der Waals surface area contributed by atoms with Crippen LogP contribution in [0.4, 0.5) is 0 Å². The number of piperidine rings is 1. The molecule has 2 aliphatic rings. The Kier molecular flexibility index (Phi) is 6.80. The Hall–Kier alpha value is -0.720. The van der Waals surface area contributed by atoms with E-state index < -0.39 is 0 Å². The zero-order valence-electron chi connectivity index (χ0n) is 15.9. The molecule has 0 spiro atoms. The summed E-state index contributed by atoms with van der Waals surface area (Å²) in [5, 5.41) is 3.45. The number of unbranched alkanes of at least 4 members (excludes halogenated alkanes) is 1. The van der Waals surface area contributed by atoms with Gasteiger partial charge in [0, 0.05) is 17.3 Å². The third kappa shape index (κ3) is 4.64. The van der Waals surface area contributed by atoms with Crippen LogP contribution in [0.2, 0.25) is 0 Å². The van der Waals surface area contributed by atoms with Crippen molar-refractivity contribution in [3.05, 3.63) is 24.6 Å². The monoisotopic (exact) mass is 317 g/mol. The lowest BCUT2D eigenvalue weighted by molar-refractivity contribution is 0.0504. The van der Waals surface area contributed by atoms with Crippen LogP contribution in [-0.4, -0.2) is 0 Å². The lowest BCUT2D eigenvalue weighted by Crippen LogP contribution is -2.38. The van der Waals surface area contributed by atoms with Crippen molar-refractivity contribution < 1.29 is 0 Å². The maximum Gasteiger partial charge on any atom is 0.0110 e. The Labute approximate surface area is 145 Å². The van der Waals surface area contributed by atoms with Crippen molar-refractivity contribution >= 4 is 0 Å². The predicted octanol–water partition coefficient (Wildman–Crippen LogP) is 6.82. The molecule has 0 bridgehead atoms. The van der Waals surface area contributed by atoms with Gasteiger partial charge >= 0.3 is 0 Å². The van der Waals surface area contributed by atoms with E-state index in [0.29, 0.717) is 11.3 Å². The molecule has 2 fully saturated rings. The first-order valence-electron chi connectivity index (χ1n) is 10.1. The van der Waals surface area contributed by atoms with E-state index in [9.17, 15) is 0 Å². The number of hydrogen-bond donors (Lipinski definition) is 1. The molecule has 0 aromatic carbocycles. The average Bonchev–Trinajstić information content (AvgIpc) is 2.51. The summed E-state index contributed by atoms with van der Waals surface area (Å²) in [6, 6.07) is 0. The molecule has 2 rings (SSSR count). The van der Waals surface area contributed by atoms with Crippen LogP contribution in [0.25, 0.3) is 0 Å². The summed E-state index contributed by atoms with van der Waals surface area (Å²) in [5.41, 5.74) is 2.97. The van der Waals surface area contributed by atoms with Gasteiger partial charge in [-0.3, -0.25) is 0 Å². The molecular formula is C22H39N. The van der Waals surface area contributed by atoms with Crippen molar-refractivity contribution in [1.29, 1.82) is 0 Å². The van der Waals surface area contributed by atoms with Gasteiger partial charge in [0.05, 0.1) is 0 Å². The molecule has 0 aromatic heterocycles. The van der Waals surface area contributed by atoms with Gasteiger partial charge in [-0.15, -0.1) is 0 Å². The maximum atomic E-state index is 4.33. The number of rotatable bonds is 7. The van der Waals surface area contributed by atoms with Gasteiger partial charge < -0.3 is 5.32 Å². The lowest BCUT2D eigenvalue weighted by atomic mass is 9.59. The zero-order valence-corrected chi connectivity index (χ0v) is 15.9. The molecule has 1 nitrogen and oxygen atoms in total.